The minimum Gasteiger partial charge on any atom is -0.373 e. The van der Waals surface area contributed by atoms with E-state index in [1.807, 2.05) is 13.3 Å². The van der Waals surface area contributed by atoms with Crippen molar-refractivity contribution in [2.75, 3.05) is 44.7 Å². The normalized spacial score (nSPS) is 16.4. The zero-order valence-corrected chi connectivity index (χ0v) is 19.7. The van der Waals surface area contributed by atoms with Crippen LogP contribution in [0.4, 0.5) is 5.69 Å². The van der Waals surface area contributed by atoms with Crippen molar-refractivity contribution in [1.82, 2.24) is 9.80 Å². The molecule has 0 amide bonds. The number of rotatable bonds is 9. The summed E-state index contributed by atoms with van der Waals surface area (Å²) in [4.78, 5) is 11.9. The molecule has 32 heavy (non-hydrogen) atoms. The number of aliphatic imine (C=N–C) groups is 1. The maximum Gasteiger partial charge on any atom is 0.0991 e. The largest absolute Gasteiger partial charge is 0.373 e. The first-order valence-corrected chi connectivity index (χ1v) is 11.4. The minimum absolute atomic E-state index is 0.157. The smallest absolute Gasteiger partial charge is 0.0991 e. The molecule has 2 N–H and O–H groups in total. The molecule has 5 nitrogen and oxygen atoms in total. The van der Waals surface area contributed by atoms with Crippen LogP contribution in [0.3, 0.4) is 0 Å². The summed E-state index contributed by atoms with van der Waals surface area (Å²) < 4.78 is 0. The molecule has 0 radical (unpaired) electrons. The molecule has 3 rings (SSSR count). The molecule has 1 saturated heterocycles. The Labute approximate surface area is 193 Å². The molecular formula is C27H37N5. The minimum atomic E-state index is 0.157. The molecule has 1 heterocycles. The molecule has 0 spiro atoms. The first-order chi connectivity index (χ1) is 15.5. The van der Waals surface area contributed by atoms with Gasteiger partial charge in [0.05, 0.1) is 6.17 Å². The molecule has 5 heteroatoms. The van der Waals surface area contributed by atoms with Gasteiger partial charge >= 0.3 is 0 Å². The standard InChI is InChI=1S/C27H37N5/c1-5-25(26-11-9-10-24(18-26)21-30(4)22(2)19-28)20-29-23(3)31-14-16-32(17-15-31)27-12-7-6-8-13-27/h5-13,18,20,23H,2,14-17,19,21,28H2,1,3-4H3/b25-5+,29-20?. The van der Waals surface area contributed by atoms with E-state index in [1.54, 1.807) is 0 Å². The Balaban J connectivity index is 1.59. The highest BCUT2D eigenvalue weighted by Crippen LogP contribution is 2.19. The molecular weight excluding hydrogens is 394 g/mol. The van der Waals surface area contributed by atoms with Gasteiger partial charge in [-0.2, -0.15) is 0 Å². The Morgan fingerprint density at radius 1 is 1.12 bits per heavy atom. The van der Waals surface area contributed by atoms with Crippen molar-refractivity contribution in [3.8, 4) is 0 Å². The number of para-hydroxylation sites is 1. The van der Waals surface area contributed by atoms with Gasteiger partial charge in [0.15, 0.2) is 0 Å². The predicted octanol–water partition coefficient (Wildman–Crippen LogP) is 4.23. The number of hydrogen-bond acceptors (Lipinski definition) is 5. The SMILES string of the molecule is C=C(CN)N(C)Cc1cccc(/C(C=NC(C)N2CCN(c3ccccc3)CC2)=C/C)c1. The highest BCUT2D eigenvalue weighted by atomic mass is 15.3. The summed E-state index contributed by atoms with van der Waals surface area (Å²) in [6.07, 6.45) is 4.31. The molecule has 0 bridgehead atoms. The van der Waals surface area contributed by atoms with Gasteiger partial charge in [-0.3, -0.25) is 9.89 Å². The van der Waals surface area contributed by atoms with Gasteiger partial charge in [0.1, 0.15) is 0 Å². The van der Waals surface area contributed by atoms with Gasteiger partial charge < -0.3 is 15.5 Å². The maximum atomic E-state index is 5.72. The fourth-order valence-electron chi connectivity index (χ4n) is 3.98. The van der Waals surface area contributed by atoms with Crippen molar-refractivity contribution < 1.29 is 0 Å². The Morgan fingerprint density at radius 3 is 2.50 bits per heavy atom. The summed E-state index contributed by atoms with van der Waals surface area (Å²) >= 11 is 0. The molecule has 1 aliphatic heterocycles. The van der Waals surface area contributed by atoms with E-state index >= 15 is 0 Å². The third-order valence-electron chi connectivity index (χ3n) is 6.16. The van der Waals surface area contributed by atoms with Crippen molar-refractivity contribution in [2.45, 2.75) is 26.6 Å². The second-order valence-electron chi connectivity index (χ2n) is 8.34. The lowest BCUT2D eigenvalue weighted by atomic mass is 10.0. The molecule has 1 aliphatic rings. The molecule has 0 aromatic heterocycles. The van der Waals surface area contributed by atoms with E-state index in [-0.39, 0.29) is 6.17 Å². The van der Waals surface area contributed by atoms with Crippen molar-refractivity contribution in [1.29, 1.82) is 0 Å². The Morgan fingerprint density at radius 2 is 1.84 bits per heavy atom. The van der Waals surface area contributed by atoms with E-state index in [4.69, 9.17) is 10.7 Å². The fourth-order valence-corrected chi connectivity index (χ4v) is 3.98. The van der Waals surface area contributed by atoms with Crippen molar-refractivity contribution >= 4 is 17.5 Å². The van der Waals surface area contributed by atoms with Gasteiger partial charge in [-0.1, -0.05) is 49.1 Å². The van der Waals surface area contributed by atoms with Crippen LogP contribution in [0.25, 0.3) is 5.57 Å². The quantitative estimate of drug-likeness (QED) is 0.604. The van der Waals surface area contributed by atoms with Crippen LogP contribution in [-0.4, -0.2) is 62.0 Å². The van der Waals surface area contributed by atoms with E-state index in [2.05, 4.69) is 95.8 Å². The summed E-state index contributed by atoms with van der Waals surface area (Å²) in [5.74, 6) is 0. The molecule has 0 saturated carbocycles. The number of benzene rings is 2. The lowest BCUT2D eigenvalue weighted by molar-refractivity contribution is 0.203. The zero-order valence-electron chi connectivity index (χ0n) is 19.7. The van der Waals surface area contributed by atoms with Crippen LogP contribution in [0.2, 0.25) is 0 Å². The first kappa shape index (κ1) is 23.8. The number of nitrogens with zero attached hydrogens (tertiary/aromatic N) is 4. The Bertz CT molecular complexity index is 926. The average molecular weight is 432 g/mol. The van der Waals surface area contributed by atoms with Crippen molar-refractivity contribution in [3.63, 3.8) is 0 Å². The third-order valence-corrected chi connectivity index (χ3v) is 6.16. The molecule has 1 fully saturated rings. The third kappa shape index (κ3) is 6.31. The molecule has 2 aromatic carbocycles. The van der Waals surface area contributed by atoms with Crippen LogP contribution in [0.5, 0.6) is 0 Å². The Kier molecular flexibility index (Phi) is 8.65. The molecule has 2 aromatic rings. The second-order valence-corrected chi connectivity index (χ2v) is 8.34. The monoisotopic (exact) mass is 431 g/mol. The van der Waals surface area contributed by atoms with E-state index in [0.717, 1.165) is 44.0 Å². The van der Waals surface area contributed by atoms with Crippen LogP contribution in [0.1, 0.15) is 25.0 Å². The lowest BCUT2D eigenvalue weighted by Crippen LogP contribution is -2.49. The molecule has 1 unspecified atom stereocenters. The number of piperazine rings is 1. The highest BCUT2D eigenvalue weighted by molar-refractivity contribution is 6.09. The van der Waals surface area contributed by atoms with Gasteiger partial charge in [0, 0.05) is 63.9 Å². The van der Waals surface area contributed by atoms with E-state index in [9.17, 15) is 0 Å². The van der Waals surface area contributed by atoms with Gasteiger partial charge in [-0.15, -0.1) is 0 Å². The van der Waals surface area contributed by atoms with Gasteiger partial charge in [0.2, 0.25) is 0 Å². The molecule has 0 aliphatic carbocycles. The van der Waals surface area contributed by atoms with E-state index in [0.29, 0.717) is 6.54 Å². The number of anilines is 1. The Hall–Kier alpha value is -2.89. The van der Waals surface area contributed by atoms with Crippen LogP contribution in [-0.2, 0) is 6.54 Å². The number of allylic oxidation sites excluding steroid dienone is 2. The van der Waals surface area contributed by atoms with Crippen molar-refractivity contribution in [3.05, 3.63) is 84.1 Å². The predicted molar refractivity (Wildman–Crippen MR) is 138 cm³/mol. The van der Waals surface area contributed by atoms with E-state index < -0.39 is 0 Å². The van der Waals surface area contributed by atoms with Gasteiger partial charge in [-0.05, 0) is 48.7 Å². The van der Waals surface area contributed by atoms with E-state index in [1.165, 1.54) is 16.8 Å². The first-order valence-electron chi connectivity index (χ1n) is 11.4. The molecule has 1 atom stereocenters. The summed E-state index contributed by atoms with van der Waals surface area (Å²) in [7, 11) is 2.03. The summed E-state index contributed by atoms with van der Waals surface area (Å²) in [5, 5.41) is 0. The average Bonchev–Trinajstić information content (AvgIpc) is 2.84. The fraction of sp³-hybridized carbons (Fsp3) is 0.370. The van der Waals surface area contributed by atoms with Crippen molar-refractivity contribution in [2.24, 2.45) is 10.7 Å². The number of likely N-dealkylation sites (N-methyl/N-ethyl adjacent to an activating group) is 1. The summed E-state index contributed by atoms with van der Waals surface area (Å²) in [6, 6.07) is 19.3. The lowest BCUT2D eigenvalue weighted by Gasteiger charge is -2.37. The zero-order chi connectivity index (χ0) is 22.9. The number of nitrogens with two attached hydrogens (primary N) is 1. The van der Waals surface area contributed by atoms with Crippen LogP contribution >= 0.6 is 0 Å². The van der Waals surface area contributed by atoms with Gasteiger partial charge in [-0.25, -0.2) is 0 Å². The summed E-state index contributed by atoms with van der Waals surface area (Å²) in [6.45, 7) is 13.6. The maximum absolute atomic E-state index is 5.72. The van der Waals surface area contributed by atoms with Crippen LogP contribution in [0, 0.1) is 0 Å². The molecule has 170 valence electrons. The topological polar surface area (TPSA) is 48.1 Å². The van der Waals surface area contributed by atoms with Crippen LogP contribution < -0.4 is 10.6 Å². The van der Waals surface area contributed by atoms with Crippen LogP contribution in [0.15, 0.2) is 77.9 Å². The highest BCUT2D eigenvalue weighted by Gasteiger charge is 2.20. The van der Waals surface area contributed by atoms with Gasteiger partial charge in [0.25, 0.3) is 0 Å². The number of hydrogen-bond donors (Lipinski definition) is 1. The summed E-state index contributed by atoms with van der Waals surface area (Å²) in [5.41, 5.74) is 11.5. The second kappa shape index (κ2) is 11.7.